The van der Waals surface area contributed by atoms with Gasteiger partial charge in [0.15, 0.2) is 0 Å². The number of rotatable bonds is 7. The van der Waals surface area contributed by atoms with Crippen molar-refractivity contribution in [3.8, 4) is 11.1 Å². The Kier molecular flexibility index (Phi) is 6.33. The molecule has 0 aliphatic carbocycles. The molecule has 2 aromatic carbocycles. The third-order valence-corrected chi connectivity index (χ3v) is 7.39. The van der Waals surface area contributed by atoms with Crippen molar-refractivity contribution in [2.24, 2.45) is 0 Å². The van der Waals surface area contributed by atoms with Crippen molar-refractivity contribution < 1.29 is 13.2 Å². The molecular weight excluding hydrogens is 400 g/mol. The van der Waals surface area contributed by atoms with E-state index < -0.39 is 9.06 Å². The first-order chi connectivity index (χ1) is 13.0. The molecular formula is C19H18N2O3S3. The number of thiophene rings is 1. The summed E-state index contributed by atoms with van der Waals surface area (Å²) in [5.41, 5.74) is 2.04. The second-order valence-corrected chi connectivity index (χ2v) is 10.3. The molecule has 0 unspecified atom stereocenters. The van der Waals surface area contributed by atoms with Gasteiger partial charge in [-0.25, -0.2) is 13.1 Å². The molecule has 0 atom stereocenters. The van der Waals surface area contributed by atoms with Crippen LogP contribution in [0.25, 0.3) is 11.1 Å². The largest absolute Gasteiger partial charge is 0.355 e. The third-order valence-electron chi connectivity index (χ3n) is 3.76. The summed E-state index contributed by atoms with van der Waals surface area (Å²) in [6.45, 7) is 0.259. The molecule has 1 aromatic heterocycles. The van der Waals surface area contributed by atoms with Gasteiger partial charge < -0.3 is 5.32 Å². The highest BCUT2D eigenvalue weighted by Gasteiger charge is 2.17. The fraction of sp³-hybridized carbons (Fsp3) is 0.105. The first-order valence-electron chi connectivity index (χ1n) is 8.11. The minimum Gasteiger partial charge on any atom is -0.355 e. The first-order valence-corrected chi connectivity index (χ1v) is 11.8. The van der Waals surface area contributed by atoms with Gasteiger partial charge in [0.1, 0.15) is 0 Å². The summed E-state index contributed by atoms with van der Waals surface area (Å²) in [5, 5.41) is 4.52. The fourth-order valence-corrected chi connectivity index (χ4v) is 5.59. The van der Waals surface area contributed by atoms with E-state index >= 15 is 0 Å². The lowest BCUT2D eigenvalue weighted by molar-refractivity contribution is 0.0963. The summed E-state index contributed by atoms with van der Waals surface area (Å²) in [6, 6.07) is 18.2. The quantitative estimate of drug-likeness (QED) is 0.571. The molecule has 0 aliphatic heterocycles. The van der Waals surface area contributed by atoms with Crippen molar-refractivity contribution >= 4 is 37.1 Å². The van der Waals surface area contributed by atoms with Gasteiger partial charge >= 0.3 is 0 Å². The highest BCUT2D eigenvalue weighted by molar-refractivity contribution is 8.71. The number of hydrogen-bond acceptors (Lipinski definition) is 5. The number of amides is 1. The van der Waals surface area contributed by atoms with Gasteiger partial charge in [-0.2, -0.15) is 0 Å². The van der Waals surface area contributed by atoms with Crippen LogP contribution in [0.3, 0.4) is 0 Å². The highest BCUT2D eigenvalue weighted by Crippen LogP contribution is 2.31. The standard InChI is InChI=1S/C19H18N2O3S3/c1-20-19(22)17-10-9-15(12-18(17)14-6-3-2-4-7-14)26-27(23,24)21-13-16-8-5-11-25-16/h2-12,21H,13H2,1H3,(H,20,22). The number of benzene rings is 2. The Morgan fingerprint density at radius 1 is 1.07 bits per heavy atom. The summed E-state index contributed by atoms with van der Waals surface area (Å²) in [7, 11) is -1.27. The van der Waals surface area contributed by atoms with E-state index in [0.29, 0.717) is 16.0 Å². The molecule has 1 heterocycles. The van der Waals surface area contributed by atoms with Crippen LogP contribution in [0.4, 0.5) is 0 Å². The molecule has 27 heavy (non-hydrogen) atoms. The first kappa shape index (κ1) is 19.6. The average molecular weight is 419 g/mol. The summed E-state index contributed by atoms with van der Waals surface area (Å²) < 4.78 is 27.4. The zero-order valence-corrected chi connectivity index (χ0v) is 17.0. The number of hydrogen-bond donors (Lipinski definition) is 2. The van der Waals surface area contributed by atoms with E-state index in [9.17, 15) is 13.2 Å². The molecule has 8 heteroatoms. The van der Waals surface area contributed by atoms with Crippen LogP contribution in [0.15, 0.2) is 70.9 Å². The van der Waals surface area contributed by atoms with Crippen LogP contribution in [0, 0.1) is 0 Å². The van der Waals surface area contributed by atoms with Crippen molar-refractivity contribution in [3.63, 3.8) is 0 Å². The van der Waals surface area contributed by atoms with E-state index in [4.69, 9.17) is 0 Å². The molecule has 1 amide bonds. The summed E-state index contributed by atoms with van der Waals surface area (Å²) in [4.78, 5) is 13.7. The van der Waals surface area contributed by atoms with Crippen molar-refractivity contribution in [1.29, 1.82) is 0 Å². The molecule has 0 radical (unpaired) electrons. The average Bonchev–Trinajstić information content (AvgIpc) is 3.20. The van der Waals surface area contributed by atoms with Crippen LogP contribution in [-0.4, -0.2) is 21.4 Å². The van der Waals surface area contributed by atoms with E-state index in [1.807, 2.05) is 47.8 Å². The van der Waals surface area contributed by atoms with Crippen LogP contribution in [-0.2, 0) is 15.6 Å². The monoisotopic (exact) mass is 418 g/mol. The van der Waals surface area contributed by atoms with Crippen molar-refractivity contribution in [3.05, 3.63) is 76.5 Å². The van der Waals surface area contributed by atoms with E-state index in [1.165, 1.54) is 11.3 Å². The summed E-state index contributed by atoms with van der Waals surface area (Å²) in [5.74, 6) is -0.218. The molecule has 0 spiro atoms. The smallest absolute Gasteiger partial charge is 0.269 e. The van der Waals surface area contributed by atoms with Gasteiger partial charge in [0.25, 0.3) is 15.0 Å². The Labute approximate surface area is 166 Å². The highest BCUT2D eigenvalue weighted by atomic mass is 33.1. The predicted molar refractivity (Wildman–Crippen MR) is 111 cm³/mol. The van der Waals surface area contributed by atoms with Gasteiger partial charge in [0, 0.05) is 39.7 Å². The number of nitrogens with one attached hydrogen (secondary N) is 2. The van der Waals surface area contributed by atoms with Crippen molar-refractivity contribution in [1.82, 2.24) is 10.0 Å². The van der Waals surface area contributed by atoms with Crippen LogP contribution < -0.4 is 10.0 Å². The van der Waals surface area contributed by atoms with Gasteiger partial charge in [-0.1, -0.05) is 36.4 Å². The molecule has 0 fully saturated rings. The Balaban J connectivity index is 1.86. The minimum absolute atomic E-state index is 0.218. The molecule has 0 bridgehead atoms. The normalized spacial score (nSPS) is 11.3. The molecule has 0 saturated heterocycles. The lowest BCUT2D eigenvalue weighted by atomic mass is 9.99. The summed E-state index contributed by atoms with van der Waals surface area (Å²) in [6.07, 6.45) is 0. The van der Waals surface area contributed by atoms with Gasteiger partial charge in [0.05, 0.1) is 0 Å². The second-order valence-electron chi connectivity index (χ2n) is 5.59. The zero-order chi connectivity index (χ0) is 19.3. The number of carbonyl (C=O) groups excluding carboxylic acids is 1. The SMILES string of the molecule is CNC(=O)c1ccc(SS(=O)(=O)NCc2cccs2)cc1-c1ccccc1. The molecule has 3 rings (SSSR count). The predicted octanol–water partition coefficient (Wildman–Crippen LogP) is 3.90. The lowest BCUT2D eigenvalue weighted by Gasteiger charge is -2.11. The van der Waals surface area contributed by atoms with Crippen LogP contribution >= 0.6 is 22.1 Å². The topological polar surface area (TPSA) is 75.3 Å². The van der Waals surface area contributed by atoms with Crippen molar-refractivity contribution in [2.75, 3.05) is 7.05 Å². The Bertz CT molecular complexity index is 1020. The molecule has 0 saturated carbocycles. The zero-order valence-electron chi connectivity index (χ0n) is 14.5. The molecule has 2 N–H and O–H groups in total. The van der Waals surface area contributed by atoms with E-state index in [1.54, 1.807) is 25.2 Å². The second kappa shape index (κ2) is 8.71. The Morgan fingerprint density at radius 2 is 1.85 bits per heavy atom. The van der Waals surface area contributed by atoms with Crippen LogP contribution in [0.2, 0.25) is 0 Å². The minimum atomic E-state index is -3.58. The molecule has 140 valence electrons. The van der Waals surface area contributed by atoms with E-state index in [0.717, 1.165) is 21.2 Å². The van der Waals surface area contributed by atoms with E-state index in [2.05, 4.69) is 10.0 Å². The van der Waals surface area contributed by atoms with Gasteiger partial charge in [-0.3, -0.25) is 4.79 Å². The van der Waals surface area contributed by atoms with Crippen molar-refractivity contribution in [2.45, 2.75) is 11.4 Å². The van der Waals surface area contributed by atoms with Crippen LogP contribution in [0.5, 0.6) is 0 Å². The van der Waals surface area contributed by atoms with Gasteiger partial charge in [0.2, 0.25) is 0 Å². The molecule has 0 aliphatic rings. The van der Waals surface area contributed by atoms with Crippen LogP contribution in [0.1, 0.15) is 15.2 Å². The number of carbonyl (C=O) groups is 1. The lowest BCUT2D eigenvalue weighted by Crippen LogP contribution is -2.20. The Hall–Kier alpha value is -2.13. The van der Waals surface area contributed by atoms with E-state index in [-0.39, 0.29) is 12.5 Å². The Morgan fingerprint density at radius 3 is 2.52 bits per heavy atom. The summed E-state index contributed by atoms with van der Waals surface area (Å²) >= 11 is 1.50. The third kappa shape index (κ3) is 5.20. The molecule has 3 aromatic rings. The van der Waals surface area contributed by atoms with Gasteiger partial charge in [-0.05, 0) is 40.8 Å². The molecule has 5 nitrogen and oxygen atoms in total. The van der Waals surface area contributed by atoms with Gasteiger partial charge in [-0.15, -0.1) is 11.3 Å². The maximum absolute atomic E-state index is 12.4. The maximum atomic E-state index is 12.4. The maximum Gasteiger partial charge on any atom is 0.269 e. The fourth-order valence-electron chi connectivity index (χ4n) is 2.49.